The number of nitrogen functional groups attached to an aromatic ring is 1. The standard InChI is InChI=1S/C11H14N2O4/c1-6(10(13)14)17-9-4-3-7(5-8(9)12)11(15)16-2/h3-6H,12H2,1-2H3,(H2,13,14). The van der Waals surface area contributed by atoms with Crippen molar-refractivity contribution in [2.45, 2.75) is 13.0 Å². The summed E-state index contributed by atoms with van der Waals surface area (Å²) in [4.78, 5) is 22.0. The van der Waals surface area contributed by atoms with Gasteiger partial charge in [-0.25, -0.2) is 4.79 Å². The fraction of sp³-hybridized carbons (Fsp3) is 0.273. The molecule has 0 heterocycles. The van der Waals surface area contributed by atoms with E-state index in [-0.39, 0.29) is 5.69 Å². The van der Waals surface area contributed by atoms with Crippen molar-refractivity contribution in [3.8, 4) is 5.75 Å². The summed E-state index contributed by atoms with van der Waals surface area (Å²) in [6.45, 7) is 1.51. The van der Waals surface area contributed by atoms with Gasteiger partial charge in [0.25, 0.3) is 5.91 Å². The Kier molecular flexibility index (Phi) is 3.92. The molecule has 1 aromatic rings. The Morgan fingerprint density at radius 3 is 2.47 bits per heavy atom. The number of primary amides is 1. The molecule has 0 spiro atoms. The molecule has 0 aliphatic heterocycles. The molecule has 0 radical (unpaired) electrons. The number of esters is 1. The molecule has 0 fully saturated rings. The fourth-order valence-electron chi connectivity index (χ4n) is 1.15. The van der Waals surface area contributed by atoms with E-state index >= 15 is 0 Å². The van der Waals surface area contributed by atoms with Gasteiger partial charge in [0.05, 0.1) is 18.4 Å². The van der Waals surface area contributed by atoms with Crippen LogP contribution in [0.25, 0.3) is 0 Å². The normalized spacial score (nSPS) is 11.6. The fourth-order valence-corrected chi connectivity index (χ4v) is 1.15. The van der Waals surface area contributed by atoms with Crippen LogP contribution in [0.2, 0.25) is 0 Å². The molecular weight excluding hydrogens is 224 g/mol. The van der Waals surface area contributed by atoms with Gasteiger partial charge in [-0.05, 0) is 25.1 Å². The lowest BCUT2D eigenvalue weighted by Crippen LogP contribution is -2.30. The van der Waals surface area contributed by atoms with Crippen molar-refractivity contribution in [2.24, 2.45) is 5.73 Å². The second-order valence-electron chi connectivity index (χ2n) is 3.41. The largest absolute Gasteiger partial charge is 0.479 e. The second kappa shape index (κ2) is 5.20. The number of methoxy groups -OCH3 is 1. The third kappa shape index (κ3) is 3.10. The minimum atomic E-state index is -0.790. The Morgan fingerprint density at radius 2 is 2.00 bits per heavy atom. The first-order chi connectivity index (χ1) is 7.95. The highest BCUT2D eigenvalue weighted by molar-refractivity contribution is 5.91. The quantitative estimate of drug-likeness (QED) is 0.580. The number of carbonyl (C=O) groups excluding carboxylic acids is 2. The van der Waals surface area contributed by atoms with Crippen LogP contribution < -0.4 is 16.2 Å². The van der Waals surface area contributed by atoms with Crippen LogP contribution in [-0.2, 0) is 9.53 Å². The van der Waals surface area contributed by atoms with Crippen LogP contribution in [0.1, 0.15) is 17.3 Å². The Morgan fingerprint density at radius 1 is 1.35 bits per heavy atom. The van der Waals surface area contributed by atoms with Gasteiger partial charge in [-0.2, -0.15) is 0 Å². The van der Waals surface area contributed by atoms with E-state index in [1.54, 1.807) is 0 Å². The SMILES string of the molecule is COC(=O)c1ccc(OC(C)C(N)=O)c(N)c1. The Hall–Kier alpha value is -2.24. The lowest BCUT2D eigenvalue weighted by Gasteiger charge is -2.13. The summed E-state index contributed by atoms with van der Waals surface area (Å²) < 4.78 is 9.76. The van der Waals surface area contributed by atoms with E-state index in [1.165, 1.54) is 32.2 Å². The maximum Gasteiger partial charge on any atom is 0.337 e. The molecule has 6 heteroatoms. The minimum Gasteiger partial charge on any atom is -0.479 e. The van der Waals surface area contributed by atoms with E-state index in [4.69, 9.17) is 16.2 Å². The van der Waals surface area contributed by atoms with Crippen LogP contribution in [0, 0.1) is 0 Å². The number of carbonyl (C=O) groups is 2. The number of nitrogens with two attached hydrogens (primary N) is 2. The van der Waals surface area contributed by atoms with Crippen molar-refractivity contribution in [2.75, 3.05) is 12.8 Å². The number of benzene rings is 1. The van der Waals surface area contributed by atoms with Gasteiger partial charge < -0.3 is 20.9 Å². The number of amides is 1. The molecule has 0 saturated heterocycles. The van der Waals surface area contributed by atoms with E-state index in [9.17, 15) is 9.59 Å². The summed E-state index contributed by atoms with van der Waals surface area (Å²) in [7, 11) is 1.28. The van der Waals surface area contributed by atoms with Gasteiger partial charge in [-0.15, -0.1) is 0 Å². The van der Waals surface area contributed by atoms with E-state index in [0.29, 0.717) is 11.3 Å². The maximum atomic E-state index is 11.2. The van der Waals surface area contributed by atoms with Gasteiger partial charge in [-0.3, -0.25) is 4.79 Å². The summed E-state index contributed by atoms with van der Waals surface area (Å²) in [6, 6.07) is 4.39. The maximum absolute atomic E-state index is 11.2. The summed E-state index contributed by atoms with van der Waals surface area (Å²) >= 11 is 0. The zero-order valence-electron chi connectivity index (χ0n) is 9.60. The molecule has 17 heavy (non-hydrogen) atoms. The zero-order valence-corrected chi connectivity index (χ0v) is 9.60. The first-order valence-electron chi connectivity index (χ1n) is 4.89. The number of anilines is 1. The van der Waals surface area contributed by atoms with Gasteiger partial charge in [-0.1, -0.05) is 0 Å². The van der Waals surface area contributed by atoms with E-state index < -0.39 is 18.0 Å². The summed E-state index contributed by atoms with van der Waals surface area (Å²) in [5.41, 5.74) is 11.3. The molecule has 1 amide bonds. The topological polar surface area (TPSA) is 105 Å². The molecule has 1 atom stereocenters. The molecule has 92 valence electrons. The predicted molar refractivity (Wildman–Crippen MR) is 61.5 cm³/mol. The molecule has 0 bridgehead atoms. The Bertz CT molecular complexity index is 445. The smallest absolute Gasteiger partial charge is 0.337 e. The second-order valence-corrected chi connectivity index (χ2v) is 3.41. The minimum absolute atomic E-state index is 0.237. The molecule has 0 aliphatic carbocycles. The van der Waals surface area contributed by atoms with Crippen LogP contribution in [0.15, 0.2) is 18.2 Å². The highest BCUT2D eigenvalue weighted by Gasteiger charge is 2.14. The van der Waals surface area contributed by atoms with E-state index in [1.807, 2.05) is 0 Å². The zero-order chi connectivity index (χ0) is 13.0. The molecule has 1 unspecified atom stereocenters. The van der Waals surface area contributed by atoms with Crippen molar-refractivity contribution in [3.63, 3.8) is 0 Å². The lowest BCUT2D eigenvalue weighted by molar-refractivity contribution is -0.123. The van der Waals surface area contributed by atoms with Crippen molar-refractivity contribution in [1.29, 1.82) is 0 Å². The van der Waals surface area contributed by atoms with E-state index in [0.717, 1.165) is 0 Å². The first kappa shape index (κ1) is 12.8. The van der Waals surface area contributed by atoms with Crippen molar-refractivity contribution in [1.82, 2.24) is 0 Å². The summed E-state index contributed by atoms with van der Waals surface area (Å²) in [5.74, 6) is -0.795. The Labute approximate surface area is 98.5 Å². The third-order valence-corrected chi connectivity index (χ3v) is 2.14. The molecule has 0 aliphatic rings. The first-order valence-corrected chi connectivity index (χ1v) is 4.89. The van der Waals surface area contributed by atoms with Crippen molar-refractivity contribution >= 4 is 17.6 Å². The predicted octanol–water partition coefficient (Wildman–Crippen LogP) is 0.308. The Balaban J connectivity index is 2.90. The van der Waals surface area contributed by atoms with Crippen LogP contribution in [0.3, 0.4) is 0 Å². The average molecular weight is 238 g/mol. The van der Waals surface area contributed by atoms with Gasteiger partial charge in [0.15, 0.2) is 6.10 Å². The molecule has 6 nitrogen and oxygen atoms in total. The lowest BCUT2D eigenvalue weighted by atomic mass is 10.2. The van der Waals surface area contributed by atoms with Crippen LogP contribution >= 0.6 is 0 Å². The highest BCUT2D eigenvalue weighted by Crippen LogP contribution is 2.23. The third-order valence-electron chi connectivity index (χ3n) is 2.14. The van der Waals surface area contributed by atoms with Gasteiger partial charge >= 0.3 is 5.97 Å². The molecule has 4 N–H and O–H groups in total. The number of ether oxygens (including phenoxy) is 2. The number of hydrogen-bond acceptors (Lipinski definition) is 5. The van der Waals surface area contributed by atoms with Crippen LogP contribution in [-0.4, -0.2) is 25.1 Å². The van der Waals surface area contributed by atoms with Gasteiger partial charge in [0.2, 0.25) is 0 Å². The van der Waals surface area contributed by atoms with Gasteiger partial charge in [0, 0.05) is 0 Å². The average Bonchev–Trinajstić information content (AvgIpc) is 2.30. The molecule has 1 aromatic carbocycles. The van der Waals surface area contributed by atoms with Crippen LogP contribution in [0.4, 0.5) is 5.69 Å². The highest BCUT2D eigenvalue weighted by atomic mass is 16.5. The molecule has 0 aromatic heterocycles. The van der Waals surface area contributed by atoms with Crippen molar-refractivity contribution in [3.05, 3.63) is 23.8 Å². The van der Waals surface area contributed by atoms with Crippen LogP contribution in [0.5, 0.6) is 5.75 Å². The number of hydrogen-bond donors (Lipinski definition) is 2. The molecule has 0 saturated carbocycles. The van der Waals surface area contributed by atoms with E-state index in [2.05, 4.69) is 4.74 Å². The summed E-state index contributed by atoms with van der Waals surface area (Å²) in [5, 5.41) is 0. The number of rotatable bonds is 4. The molecular formula is C11H14N2O4. The monoisotopic (exact) mass is 238 g/mol. The van der Waals surface area contributed by atoms with Gasteiger partial charge in [0.1, 0.15) is 5.75 Å². The summed E-state index contributed by atoms with van der Waals surface area (Å²) in [6.07, 6.45) is -0.790. The molecule has 1 rings (SSSR count). The van der Waals surface area contributed by atoms with Crippen molar-refractivity contribution < 1.29 is 19.1 Å².